The molecule has 0 fully saturated rings. The van der Waals surface area contributed by atoms with E-state index in [0.29, 0.717) is 6.26 Å². The number of hydrogen-bond acceptors (Lipinski definition) is 3. The molecule has 0 unspecified atom stereocenters. The summed E-state index contributed by atoms with van der Waals surface area (Å²) in [5.41, 5.74) is 0. The SMILES string of the molecule is C=CCN(CC=C)CCC.CS(=O)(=O)O. The van der Waals surface area contributed by atoms with E-state index in [1.807, 2.05) is 12.2 Å². The van der Waals surface area contributed by atoms with Gasteiger partial charge in [-0.3, -0.25) is 9.45 Å². The van der Waals surface area contributed by atoms with Crippen LogP contribution in [0.1, 0.15) is 13.3 Å². The van der Waals surface area contributed by atoms with Gasteiger partial charge in [0.1, 0.15) is 0 Å². The highest BCUT2D eigenvalue weighted by molar-refractivity contribution is 7.85. The molecule has 0 rings (SSSR count). The quantitative estimate of drug-likeness (QED) is 0.561. The summed E-state index contributed by atoms with van der Waals surface area (Å²) in [5, 5.41) is 0. The molecule has 4 nitrogen and oxygen atoms in total. The van der Waals surface area contributed by atoms with Gasteiger partial charge in [0.2, 0.25) is 0 Å². The van der Waals surface area contributed by atoms with Gasteiger partial charge in [0.05, 0.1) is 6.26 Å². The van der Waals surface area contributed by atoms with Gasteiger partial charge < -0.3 is 0 Å². The Hall–Kier alpha value is -0.650. The standard InChI is InChI=1S/C9H17N.CH4O3S/c1-4-7-10(8-5-2)9-6-3;1-5(2,3)4/h4-5H,1-2,6-9H2,3H3;1H3,(H,2,3,4). The summed E-state index contributed by atoms with van der Waals surface area (Å²) in [6.45, 7) is 12.6. The molecule has 0 heterocycles. The zero-order valence-electron chi connectivity index (χ0n) is 9.52. The highest BCUT2D eigenvalue weighted by Crippen LogP contribution is 1.90. The summed E-state index contributed by atoms with van der Waals surface area (Å²) < 4.78 is 25.9. The third-order valence-corrected chi connectivity index (χ3v) is 1.31. The molecule has 15 heavy (non-hydrogen) atoms. The Kier molecular flexibility index (Phi) is 11.1. The lowest BCUT2D eigenvalue weighted by Crippen LogP contribution is -2.24. The second-order valence-electron chi connectivity index (χ2n) is 3.07. The first kappa shape index (κ1) is 16.8. The van der Waals surface area contributed by atoms with E-state index in [1.54, 1.807) is 0 Å². The molecule has 0 amide bonds. The van der Waals surface area contributed by atoms with E-state index < -0.39 is 10.1 Å². The highest BCUT2D eigenvalue weighted by atomic mass is 32.2. The van der Waals surface area contributed by atoms with E-state index in [1.165, 1.54) is 6.42 Å². The van der Waals surface area contributed by atoms with E-state index in [9.17, 15) is 8.42 Å². The molecule has 0 spiro atoms. The van der Waals surface area contributed by atoms with Crippen molar-refractivity contribution in [3.63, 3.8) is 0 Å². The van der Waals surface area contributed by atoms with E-state index in [0.717, 1.165) is 19.6 Å². The van der Waals surface area contributed by atoms with Gasteiger partial charge in [-0.2, -0.15) is 8.42 Å². The molecule has 0 saturated carbocycles. The van der Waals surface area contributed by atoms with Crippen molar-refractivity contribution in [3.05, 3.63) is 25.3 Å². The number of nitrogens with zero attached hydrogens (tertiary/aromatic N) is 1. The molecule has 1 N–H and O–H groups in total. The van der Waals surface area contributed by atoms with Crippen LogP contribution in [-0.2, 0) is 10.1 Å². The van der Waals surface area contributed by atoms with E-state index in [-0.39, 0.29) is 0 Å². The molecule has 0 atom stereocenters. The highest BCUT2D eigenvalue weighted by Gasteiger charge is 1.95. The molecule has 0 saturated heterocycles. The minimum atomic E-state index is -3.67. The third kappa shape index (κ3) is 24.7. The van der Waals surface area contributed by atoms with Gasteiger partial charge in [0.25, 0.3) is 10.1 Å². The van der Waals surface area contributed by atoms with Crippen LogP contribution in [0.15, 0.2) is 25.3 Å². The van der Waals surface area contributed by atoms with Gasteiger partial charge in [0.15, 0.2) is 0 Å². The molecule has 0 aliphatic heterocycles. The van der Waals surface area contributed by atoms with Crippen molar-refractivity contribution >= 4 is 10.1 Å². The second-order valence-corrected chi connectivity index (χ2v) is 4.54. The summed E-state index contributed by atoms with van der Waals surface area (Å²) in [6.07, 6.45) is 5.77. The van der Waals surface area contributed by atoms with Gasteiger partial charge in [-0.05, 0) is 13.0 Å². The van der Waals surface area contributed by atoms with Crippen LogP contribution < -0.4 is 0 Å². The summed E-state index contributed by atoms with van der Waals surface area (Å²) in [5.74, 6) is 0. The van der Waals surface area contributed by atoms with Gasteiger partial charge in [-0.15, -0.1) is 13.2 Å². The fourth-order valence-electron chi connectivity index (χ4n) is 0.938. The Morgan fingerprint density at radius 2 is 1.60 bits per heavy atom. The monoisotopic (exact) mass is 235 g/mol. The van der Waals surface area contributed by atoms with Crippen molar-refractivity contribution in [2.75, 3.05) is 25.9 Å². The maximum Gasteiger partial charge on any atom is 0.261 e. The first-order chi connectivity index (χ1) is 6.85. The Morgan fingerprint density at radius 1 is 1.27 bits per heavy atom. The molecule has 0 aliphatic carbocycles. The molecular weight excluding hydrogens is 214 g/mol. The predicted octanol–water partition coefficient (Wildman–Crippen LogP) is 1.57. The molecule has 90 valence electrons. The summed E-state index contributed by atoms with van der Waals surface area (Å²) in [6, 6.07) is 0. The maximum absolute atomic E-state index is 9.19. The summed E-state index contributed by atoms with van der Waals surface area (Å²) >= 11 is 0. The maximum atomic E-state index is 9.19. The molecular formula is C10H21NO3S. The topological polar surface area (TPSA) is 57.6 Å². The normalized spacial score (nSPS) is 10.4. The molecule has 0 aromatic heterocycles. The molecule has 0 radical (unpaired) electrons. The molecule has 0 bridgehead atoms. The molecule has 0 aliphatic rings. The number of hydrogen-bond donors (Lipinski definition) is 1. The van der Waals surface area contributed by atoms with E-state index in [2.05, 4.69) is 25.0 Å². The Morgan fingerprint density at radius 3 is 1.80 bits per heavy atom. The fraction of sp³-hybridized carbons (Fsp3) is 0.600. The van der Waals surface area contributed by atoms with Gasteiger partial charge >= 0.3 is 0 Å². The third-order valence-electron chi connectivity index (χ3n) is 1.31. The lowest BCUT2D eigenvalue weighted by Gasteiger charge is -2.16. The van der Waals surface area contributed by atoms with Gasteiger partial charge in [-0.1, -0.05) is 19.1 Å². The van der Waals surface area contributed by atoms with Gasteiger partial charge in [0, 0.05) is 13.1 Å². The van der Waals surface area contributed by atoms with Crippen molar-refractivity contribution in [3.8, 4) is 0 Å². The average Bonchev–Trinajstić information content (AvgIpc) is 2.02. The zero-order chi connectivity index (χ0) is 12.3. The minimum absolute atomic E-state index is 0.715. The lowest BCUT2D eigenvalue weighted by molar-refractivity contribution is 0.336. The van der Waals surface area contributed by atoms with Crippen molar-refractivity contribution in [2.45, 2.75) is 13.3 Å². The summed E-state index contributed by atoms with van der Waals surface area (Å²) in [4.78, 5) is 2.31. The molecule has 5 heteroatoms. The van der Waals surface area contributed by atoms with Crippen LogP contribution in [0.25, 0.3) is 0 Å². The first-order valence-electron chi connectivity index (χ1n) is 4.71. The van der Waals surface area contributed by atoms with Crippen molar-refractivity contribution < 1.29 is 13.0 Å². The second kappa shape index (κ2) is 9.89. The summed E-state index contributed by atoms with van der Waals surface area (Å²) in [7, 11) is -3.67. The van der Waals surface area contributed by atoms with Crippen LogP contribution in [0.2, 0.25) is 0 Å². The average molecular weight is 235 g/mol. The fourth-order valence-corrected chi connectivity index (χ4v) is 0.938. The molecule has 0 aromatic carbocycles. The zero-order valence-corrected chi connectivity index (χ0v) is 10.3. The van der Waals surface area contributed by atoms with Crippen molar-refractivity contribution in [1.82, 2.24) is 4.90 Å². The largest absolute Gasteiger partial charge is 0.296 e. The van der Waals surface area contributed by atoms with E-state index in [4.69, 9.17) is 4.55 Å². The minimum Gasteiger partial charge on any atom is -0.296 e. The van der Waals surface area contributed by atoms with E-state index >= 15 is 0 Å². The van der Waals surface area contributed by atoms with Crippen LogP contribution in [0.3, 0.4) is 0 Å². The Balaban J connectivity index is 0. The Labute approximate surface area is 93.0 Å². The van der Waals surface area contributed by atoms with Crippen LogP contribution in [0.5, 0.6) is 0 Å². The van der Waals surface area contributed by atoms with Crippen LogP contribution >= 0.6 is 0 Å². The lowest BCUT2D eigenvalue weighted by atomic mass is 10.4. The van der Waals surface area contributed by atoms with Crippen molar-refractivity contribution in [1.29, 1.82) is 0 Å². The Bertz CT molecular complexity index is 242. The smallest absolute Gasteiger partial charge is 0.261 e. The molecule has 0 aromatic rings. The van der Waals surface area contributed by atoms with Gasteiger partial charge in [-0.25, -0.2) is 0 Å². The van der Waals surface area contributed by atoms with Crippen LogP contribution in [-0.4, -0.2) is 43.8 Å². The van der Waals surface area contributed by atoms with Crippen LogP contribution in [0.4, 0.5) is 0 Å². The van der Waals surface area contributed by atoms with Crippen molar-refractivity contribution in [2.24, 2.45) is 0 Å². The number of rotatable bonds is 6. The first-order valence-corrected chi connectivity index (χ1v) is 6.56. The predicted molar refractivity (Wildman–Crippen MR) is 64.6 cm³/mol. The van der Waals surface area contributed by atoms with Crippen LogP contribution in [0, 0.1) is 0 Å².